The fourth-order valence-electron chi connectivity index (χ4n) is 1.76. The van der Waals surface area contributed by atoms with Crippen LogP contribution in [0.3, 0.4) is 0 Å². The van der Waals surface area contributed by atoms with Gasteiger partial charge in [0.25, 0.3) is 0 Å². The zero-order valence-electron chi connectivity index (χ0n) is 10.3. The molecule has 1 aromatic heterocycles. The summed E-state index contributed by atoms with van der Waals surface area (Å²) in [5, 5.41) is 16.4. The van der Waals surface area contributed by atoms with Crippen LogP contribution < -0.4 is 5.32 Å². The number of carboxylic acids is 1. The Hall–Kier alpha value is -2.30. The lowest BCUT2D eigenvalue weighted by Gasteiger charge is -2.07. The number of aromatic nitrogens is 2. The van der Waals surface area contributed by atoms with Gasteiger partial charge in [0, 0.05) is 18.9 Å². The number of nitrogens with one attached hydrogen (secondary N) is 1. The first-order chi connectivity index (χ1) is 8.56. The van der Waals surface area contributed by atoms with Crippen molar-refractivity contribution in [2.75, 3.05) is 5.32 Å². The van der Waals surface area contributed by atoms with E-state index in [1.165, 1.54) is 0 Å². The fourth-order valence-corrected chi connectivity index (χ4v) is 1.76. The van der Waals surface area contributed by atoms with E-state index in [0.717, 1.165) is 16.9 Å². The lowest BCUT2D eigenvalue weighted by Crippen LogP contribution is -2.04. The average molecular weight is 245 g/mol. The molecule has 0 aliphatic rings. The number of anilines is 1. The van der Waals surface area contributed by atoms with Crippen molar-refractivity contribution in [3.63, 3.8) is 0 Å². The summed E-state index contributed by atoms with van der Waals surface area (Å²) in [6, 6.07) is 7.13. The Balaban J connectivity index is 2.06. The zero-order valence-corrected chi connectivity index (χ0v) is 10.3. The average Bonchev–Trinajstić information content (AvgIpc) is 2.72. The van der Waals surface area contributed by atoms with Gasteiger partial charge >= 0.3 is 5.97 Å². The van der Waals surface area contributed by atoms with Crippen molar-refractivity contribution >= 4 is 11.7 Å². The Morgan fingerprint density at radius 3 is 2.78 bits per heavy atom. The molecule has 0 saturated heterocycles. The van der Waals surface area contributed by atoms with E-state index in [2.05, 4.69) is 10.4 Å². The summed E-state index contributed by atoms with van der Waals surface area (Å²) in [7, 11) is 1.87. The monoisotopic (exact) mass is 245 g/mol. The maximum absolute atomic E-state index is 10.9. The normalized spacial score (nSPS) is 10.3. The summed E-state index contributed by atoms with van der Waals surface area (Å²) in [5.41, 5.74) is 2.91. The van der Waals surface area contributed by atoms with Gasteiger partial charge in [0.15, 0.2) is 0 Å². The van der Waals surface area contributed by atoms with Crippen molar-refractivity contribution in [3.8, 4) is 0 Å². The van der Waals surface area contributed by atoms with Gasteiger partial charge < -0.3 is 10.4 Å². The van der Waals surface area contributed by atoms with Crippen LogP contribution in [0.2, 0.25) is 0 Å². The van der Waals surface area contributed by atoms with Crippen molar-refractivity contribution in [2.45, 2.75) is 13.5 Å². The van der Waals surface area contributed by atoms with Crippen LogP contribution in [0.4, 0.5) is 5.69 Å². The van der Waals surface area contributed by atoms with Crippen LogP contribution in [0.1, 0.15) is 21.6 Å². The molecule has 18 heavy (non-hydrogen) atoms. The lowest BCUT2D eigenvalue weighted by molar-refractivity contribution is 0.0696. The van der Waals surface area contributed by atoms with Crippen molar-refractivity contribution in [3.05, 3.63) is 47.3 Å². The minimum atomic E-state index is -0.899. The highest BCUT2D eigenvalue weighted by atomic mass is 16.4. The van der Waals surface area contributed by atoms with E-state index in [-0.39, 0.29) is 0 Å². The van der Waals surface area contributed by atoms with Crippen molar-refractivity contribution < 1.29 is 9.90 Å². The molecule has 5 heteroatoms. The second-order valence-electron chi connectivity index (χ2n) is 4.17. The number of carbonyl (C=O) groups is 1. The van der Waals surface area contributed by atoms with E-state index in [0.29, 0.717) is 12.1 Å². The molecule has 1 aromatic carbocycles. The second-order valence-corrected chi connectivity index (χ2v) is 4.17. The van der Waals surface area contributed by atoms with Crippen LogP contribution in [0.15, 0.2) is 30.5 Å². The molecule has 0 spiro atoms. The van der Waals surface area contributed by atoms with Gasteiger partial charge in [0.05, 0.1) is 17.8 Å². The summed E-state index contributed by atoms with van der Waals surface area (Å²) in [4.78, 5) is 10.9. The van der Waals surface area contributed by atoms with Gasteiger partial charge in [-0.05, 0) is 36.8 Å². The highest BCUT2D eigenvalue weighted by Gasteiger charge is 2.07. The molecule has 1 heterocycles. The predicted molar refractivity (Wildman–Crippen MR) is 68.7 cm³/mol. The zero-order chi connectivity index (χ0) is 13.1. The number of aryl methyl sites for hydroxylation is 2. The smallest absolute Gasteiger partial charge is 0.335 e. The Labute approximate surface area is 105 Å². The lowest BCUT2D eigenvalue weighted by atomic mass is 10.1. The molecular weight excluding hydrogens is 230 g/mol. The second kappa shape index (κ2) is 4.91. The number of nitrogens with zero attached hydrogens (tertiary/aromatic N) is 2. The molecule has 0 radical (unpaired) electrons. The van der Waals surface area contributed by atoms with Crippen molar-refractivity contribution in [1.29, 1.82) is 0 Å². The van der Waals surface area contributed by atoms with E-state index in [4.69, 9.17) is 5.11 Å². The van der Waals surface area contributed by atoms with Crippen LogP contribution in [-0.2, 0) is 13.6 Å². The van der Waals surface area contributed by atoms with Gasteiger partial charge in [-0.3, -0.25) is 4.68 Å². The Morgan fingerprint density at radius 2 is 2.22 bits per heavy atom. The molecule has 94 valence electrons. The summed E-state index contributed by atoms with van der Waals surface area (Å²) in [6.07, 6.45) is 1.88. The maximum atomic E-state index is 10.9. The van der Waals surface area contributed by atoms with Gasteiger partial charge in [0.2, 0.25) is 0 Å². The number of hydrogen-bond donors (Lipinski definition) is 2. The Kier molecular flexibility index (Phi) is 3.32. The summed E-state index contributed by atoms with van der Waals surface area (Å²) in [5.74, 6) is -0.899. The standard InChI is InChI=1S/C13H15N3O2/c1-9-7-10(3-4-12(9)13(17)18)14-8-11-5-6-16(2)15-11/h3-7,14H,8H2,1-2H3,(H,17,18). The molecule has 2 aromatic rings. The van der Waals surface area contributed by atoms with Gasteiger partial charge in [-0.1, -0.05) is 0 Å². The topological polar surface area (TPSA) is 67.2 Å². The first kappa shape index (κ1) is 12.2. The van der Waals surface area contributed by atoms with Crippen LogP contribution in [0, 0.1) is 6.92 Å². The molecule has 0 fully saturated rings. The highest BCUT2D eigenvalue weighted by Crippen LogP contribution is 2.15. The quantitative estimate of drug-likeness (QED) is 0.865. The first-order valence-corrected chi connectivity index (χ1v) is 5.62. The molecule has 0 bridgehead atoms. The molecule has 0 saturated carbocycles. The molecule has 0 atom stereocenters. The number of aromatic carboxylic acids is 1. The molecule has 2 rings (SSSR count). The highest BCUT2D eigenvalue weighted by molar-refractivity contribution is 5.89. The van der Waals surface area contributed by atoms with Crippen LogP contribution in [-0.4, -0.2) is 20.9 Å². The predicted octanol–water partition coefficient (Wildman–Crippen LogP) is 2.04. The number of hydrogen-bond acceptors (Lipinski definition) is 3. The minimum absolute atomic E-state index is 0.332. The largest absolute Gasteiger partial charge is 0.478 e. The van der Waals surface area contributed by atoms with Gasteiger partial charge in [-0.15, -0.1) is 0 Å². The SMILES string of the molecule is Cc1cc(NCc2ccn(C)n2)ccc1C(=O)O. The van der Waals surface area contributed by atoms with E-state index in [1.54, 1.807) is 23.7 Å². The third kappa shape index (κ3) is 2.68. The van der Waals surface area contributed by atoms with Crippen LogP contribution in [0.5, 0.6) is 0 Å². The molecule has 2 N–H and O–H groups in total. The van der Waals surface area contributed by atoms with Gasteiger partial charge in [0.1, 0.15) is 0 Å². The molecular formula is C13H15N3O2. The number of benzene rings is 1. The Morgan fingerprint density at radius 1 is 1.44 bits per heavy atom. The van der Waals surface area contributed by atoms with Gasteiger partial charge in [-0.25, -0.2) is 4.79 Å². The van der Waals surface area contributed by atoms with Crippen LogP contribution >= 0.6 is 0 Å². The van der Waals surface area contributed by atoms with Crippen molar-refractivity contribution in [2.24, 2.45) is 7.05 Å². The molecule has 0 aliphatic carbocycles. The molecule has 0 unspecified atom stereocenters. The van der Waals surface area contributed by atoms with Gasteiger partial charge in [-0.2, -0.15) is 5.10 Å². The van der Waals surface area contributed by atoms with Crippen molar-refractivity contribution in [1.82, 2.24) is 9.78 Å². The van der Waals surface area contributed by atoms with E-state index in [9.17, 15) is 4.79 Å². The van der Waals surface area contributed by atoms with E-state index < -0.39 is 5.97 Å². The van der Waals surface area contributed by atoms with E-state index >= 15 is 0 Å². The molecule has 0 amide bonds. The summed E-state index contributed by atoms with van der Waals surface area (Å²) < 4.78 is 1.75. The molecule has 0 aliphatic heterocycles. The fraction of sp³-hybridized carbons (Fsp3) is 0.231. The van der Waals surface area contributed by atoms with E-state index in [1.807, 2.05) is 25.4 Å². The summed E-state index contributed by atoms with van der Waals surface area (Å²) >= 11 is 0. The third-order valence-electron chi connectivity index (χ3n) is 2.70. The first-order valence-electron chi connectivity index (χ1n) is 5.62. The third-order valence-corrected chi connectivity index (χ3v) is 2.70. The van der Waals surface area contributed by atoms with Crippen LogP contribution in [0.25, 0.3) is 0 Å². The summed E-state index contributed by atoms with van der Waals surface area (Å²) in [6.45, 7) is 2.40. The Bertz CT molecular complexity index is 575. The number of rotatable bonds is 4. The molecule has 5 nitrogen and oxygen atoms in total. The minimum Gasteiger partial charge on any atom is -0.478 e. The number of carboxylic acid groups (broad SMARTS) is 1. The maximum Gasteiger partial charge on any atom is 0.335 e.